The van der Waals surface area contributed by atoms with Crippen LogP contribution < -0.4 is 5.32 Å². The Balaban J connectivity index is 2.05. The minimum Gasteiger partial charge on any atom is -0.326 e. The molecule has 132 valence electrons. The summed E-state index contributed by atoms with van der Waals surface area (Å²) >= 11 is 0. The molecule has 7 nitrogen and oxygen atoms in total. The van der Waals surface area contributed by atoms with Crippen LogP contribution in [-0.4, -0.2) is 25.0 Å². The SMILES string of the molecule is Cc1c(NC(=O)CCS(=O)(=O)c2ccc(F)cc2)cccc1[N+](=O)[O-]. The minimum absolute atomic E-state index is 0.0757. The summed E-state index contributed by atoms with van der Waals surface area (Å²) in [4.78, 5) is 22.2. The molecule has 0 aliphatic heterocycles. The van der Waals surface area contributed by atoms with E-state index in [-0.39, 0.29) is 28.3 Å². The Bertz CT molecular complexity index is 911. The van der Waals surface area contributed by atoms with Gasteiger partial charge in [0.2, 0.25) is 5.91 Å². The number of nitro groups is 1. The van der Waals surface area contributed by atoms with Crippen LogP contribution >= 0.6 is 0 Å². The number of benzene rings is 2. The Hall–Kier alpha value is -2.81. The molecule has 1 amide bonds. The second-order valence-corrected chi connectivity index (χ2v) is 7.39. The quantitative estimate of drug-likeness (QED) is 0.481. The molecule has 9 heteroatoms. The number of anilines is 1. The Kier molecular flexibility index (Phi) is 5.48. The first-order chi connectivity index (χ1) is 11.7. The number of nitro benzene ring substituents is 1. The van der Waals surface area contributed by atoms with E-state index in [9.17, 15) is 27.7 Å². The van der Waals surface area contributed by atoms with Crippen LogP contribution in [0.3, 0.4) is 0 Å². The van der Waals surface area contributed by atoms with Crippen molar-refractivity contribution in [2.24, 2.45) is 0 Å². The fourth-order valence-corrected chi connectivity index (χ4v) is 3.40. The predicted octanol–water partition coefficient (Wildman–Crippen LogP) is 2.84. The van der Waals surface area contributed by atoms with Crippen LogP contribution in [0, 0.1) is 22.9 Å². The van der Waals surface area contributed by atoms with Gasteiger partial charge in [0.1, 0.15) is 5.82 Å². The molecule has 2 aromatic rings. The average molecular weight is 366 g/mol. The van der Waals surface area contributed by atoms with E-state index in [1.54, 1.807) is 0 Å². The molecule has 2 rings (SSSR count). The van der Waals surface area contributed by atoms with Crippen molar-refractivity contribution >= 4 is 27.1 Å². The predicted molar refractivity (Wildman–Crippen MR) is 89.5 cm³/mol. The maximum atomic E-state index is 12.9. The minimum atomic E-state index is -3.73. The van der Waals surface area contributed by atoms with Gasteiger partial charge in [0, 0.05) is 12.5 Å². The first-order valence-corrected chi connectivity index (χ1v) is 8.88. The highest BCUT2D eigenvalue weighted by atomic mass is 32.2. The summed E-state index contributed by atoms with van der Waals surface area (Å²) in [5, 5.41) is 13.4. The van der Waals surface area contributed by atoms with Crippen LogP contribution in [0.25, 0.3) is 0 Å². The third-order valence-electron chi connectivity index (χ3n) is 3.55. The van der Waals surface area contributed by atoms with Crippen LogP contribution in [0.15, 0.2) is 47.4 Å². The third-order valence-corrected chi connectivity index (χ3v) is 5.28. The molecule has 0 bridgehead atoms. The Labute approximate surface area is 143 Å². The molecule has 0 radical (unpaired) electrons. The van der Waals surface area contributed by atoms with Crippen LogP contribution in [0.4, 0.5) is 15.8 Å². The topological polar surface area (TPSA) is 106 Å². The highest BCUT2D eigenvalue weighted by Gasteiger charge is 2.18. The van der Waals surface area contributed by atoms with Crippen LogP contribution in [0.1, 0.15) is 12.0 Å². The van der Waals surface area contributed by atoms with Gasteiger partial charge in [-0.2, -0.15) is 0 Å². The molecule has 0 saturated heterocycles. The van der Waals surface area contributed by atoms with Gasteiger partial charge in [-0.25, -0.2) is 12.8 Å². The van der Waals surface area contributed by atoms with E-state index in [1.807, 2.05) is 0 Å². The molecule has 0 aliphatic rings. The van der Waals surface area contributed by atoms with Crippen molar-refractivity contribution in [1.29, 1.82) is 0 Å². The highest BCUT2D eigenvalue weighted by Crippen LogP contribution is 2.25. The van der Waals surface area contributed by atoms with E-state index < -0.39 is 32.2 Å². The third kappa shape index (κ3) is 4.60. The van der Waals surface area contributed by atoms with Gasteiger partial charge in [-0.05, 0) is 37.3 Å². The molecule has 0 atom stereocenters. The molecule has 0 fully saturated rings. The van der Waals surface area contributed by atoms with Crippen LogP contribution in [-0.2, 0) is 14.6 Å². The van der Waals surface area contributed by atoms with Crippen LogP contribution in [0.2, 0.25) is 0 Å². The standard InChI is InChI=1S/C16H15FN2O5S/c1-11-14(3-2-4-15(11)19(21)22)18-16(20)9-10-25(23,24)13-7-5-12(17)6-8-13/h2-8H,9-10H2,1H3,(H,18,20). The van der Waals surface area contributed by atoms with Gasteiger partial charge in [-0.3, -0.25) is 14.9 Å². The number of nitrogens with one attached hydrogen (secondary N) is 1. The van der Waals surface area contributed by atoms with Gasteiger partial charge in [0.05, 0.1) is 26.8 Å². The Morgan fingerprint density at radius 1 is 1.20 bits per heavy atom. The molecular weight excluding hydrogens is 351 g/mol. The lowest BCUT2D eigenvalue weighted by Crippen LogP contribution is -2.18. The van der Waals surface area contributed by atoms with Crippen molar-refractivity contribution in [3.63, 3.8) is 0 Å². The molecule has 0 aromatic heterocycles. The maximum Gasteiger partial charge on any atom is 0.274 e. The van der Waals surface area contributed by atoms with Crippen molar-refractivity contribution < 1.29 is 22.5 Å². The number of sulfone groups is 1. The number of carbonyl (C=O) groups excluding carboxylic acids is 1. The van der Waals surface area contributed by atoms with Crippen molar-refractivity contribution in [3.8, 4) is 0 Å². The Morgan fingerprint density at radius 2 is 1.84 bits per heavy atom. The van der Waals surface area contributed by atoms with E-state index in [4.69, 9.17) is 0 Å². The molecule has 1 N–H and O–H groups in total. The van der Waals surface area contributed by atoms with E-state index in [1.165, 1.54) is 25.1 Å². The number of carbonyl (C=O) groups is 1. The number of hydrogen-bond donors (Lipinski definition) is 1. The lowest BCUT2D eigenvalue weighted by Gasteiger charge is -2.09. The number of amides is 1. The molecule has 0 unspecified atom stereocenters. The maximum absolute atomic E-state index is 12.9. The summed E-state index contributed by atoms with van der Waals surface area (Å²) in [6, 6.07) is 8.55. The number of rotatable bonds is 6. The van der Waals surface area contributed by atoms with Gasteiger partial charge in [0.25, 0.3) is 5.69 Å². The summed E-state index contributed by atoms with van der Waals surface area (Å²) < 4.78 is 37.1. The smallest absolute Gasteiger partial charge is 0.274 e. The average Bonchev–Trinajstić information content (AvgIpc) is 2.55. The largest absolute Gasteiger partial charge is 0.326 e. The zero-order chi connectivity index (χ0) is 18.6. The molecule has 25 heavy (non-hydrogen) atoms. The first-order valence-electron chi connectivity index (χ1n) is 7.23. The highest BCUT2D eigenvalue weighted by molar-refractivity contribution is 7.91. The number of hydrogen-bond acceptors (Lipinski definition) is 5. The molecular formula is C16H15FN2O5S. The van der Waals surface area contributed by atoms with Crippen molar-refractivity contribution in [1.82, 2.24) is 0 Å². The van der Waals surface area contributed by atoms with Gasteiger partial charge < -0.3 is 5.32 Å². The van der Waals surface area contributed by atoms with Crippen molar-refractivity contribution in [2.45, 2.75) is 18.2 Å². The fraction of sp³-hybridized carbons (Fsp3) is 0.188. The molecule has 0 heterocycles. The lowest BCUT2D eigenvalue weighted by atomic mass is 10.1. The molecule has 0 aliphatic carbocycles. The summed E-state index contributed by atoms with van der Waals surface area (Å²) in [7, 11) is -3.73. The lowest BCUT2D eigenvalue weighted by molar-refractivity contribution is -0.385. The Morgan fingerprint density at radius 3 is 2.44 bits per heavy atom. The number of nitrogens with zero attached hydrogens (tertiary/aromatic N) is 1. The fourth-order valence-electron chi connectivity index (χ4n) is 2.16. The summed E-state index contributed by atoms with van der Waals surface area (Å²) in [6.07, 6.45) is -0.332. The molecule has 2 aromatic carbocycles. The van der Waals surface area contributed by atoms with E-state index >= 15 is 0 Å². The summed E-state index contributed by atoms with van der Waals surface area (Å²) in [5.74, 6) is -1.61. The second kappa shape index (κ2) is 7.39. The van der Waals surface area contributed by atoms with Crippen molar-refractivity contribution in [3.05, 3.63) is 64.0 Å². The zero-order valence-corrected chi connectivity index (χ0v) is 14.0. The molecule has 0 spiro atoms. The van der Waals surface area contributed by atoms with E-state index in [2.05, 4.69) is 5.32 Å². The normalized spacial score (nSPS) is 11.1. The first kappa shape index (κ1) is 18.5. The van der Waals surface area contributed by atoms with Gasteiger partial charge in [-0.1, -0.05) is 6.07 Å². The van der Waals surface area contributed by atoms with Gasteiger partial charge >= 0.3 is 0 Å². The van der Waals surface area contributed by atoms with Crippen LogP contribution in [0.5, 0.6) is 0 Å². The van der Waals surface area contributed by atoms with E-state index in [0.29, 0.717) is 0 Å². The van der Waals surface area contributed by atoms with Gasteiger partial charge in [0.15, 0.2) is 9.84 Å². The van der Waals surface area contributed by atoms with Gasteiger partial charge in [-0.15, -0.1) is 0 Å². The molecule has 0 saturated carbocycles. The number of halogens is 1. The van der Waals surface area contributed by atoms with E-state index in [0.717, 1.165) is 24.3 Å². The summed E-state index contributed by atoms with van der Waals surface area (Å²) in [5.41, 5.74) is 0.386. The monoisotopic (exact) mass is 366 g/mol. The van der Waals surface area contributed by atoms with Crippen molar-refractivity contribution in [2.75, 3.05) is 11.1 Å². The summed E-state index contributed by atoms with van der Waals surface area (Å²) in [6.45, 7) is 1.49. The zero-order valence-electron chi connectivity index (χ0n) is 13.2. The second-order valence-electron chi connectivity index (χ2n) is 5.28.